The molecule has 124 valence electrons. The van der Waals surface area contributed by atoms with Gasteiger partial charge in [-0.25, -0.2) is 4.68 Å². The number of aromatic amines is 1. The van der Waals surface area contributed by atoms with Crippen LogP contribution in [0.5, 0.6) is 0 Å². The number of ether oxygens (including phenoxy) is 1. The van der Waals surface area contributed by atoms with Crippen molar-refractivity contribution in [3.8, 4) is 5.69 Å². The fraction of sp³-hybridized carbons (Fsp3) is 0.353. The Bertz CT molecular complexity index is 906. The van der Waals surface area contributed by atoms with Crippen LogP contribution in [0.25, 0.3) is 16.7 Å². The highest BCUT2D eigenvalue weighted by atomic mass is 16.5. The van der Waals surface area contributed by atoms with Gasteiger partial charge in [-0.3, -0.25) is 9.78 Å². The predicted octanol–water partition coefficient (Wildman–Crippen LogP) is 2.09. The van der Waals surface area contributed by atoms with Crippen molar-refractivity contribution in [1.29, 1.82) is 0 Å². The van der Waals surface area contributed by atoms with E-state index in [4.69, 9.17) is 4.74 Å². The average molecular weight is 325 g/mol. The molecule has 3 aromatic rings. The second kappa shape index (κ2) is 5.76. The first-order valence-corrected chi connectivity index (χ1v) is 8.03. The maximum Gasteiger partial charge on any atom is 0.263 e. The Morgan fingerprint density at radius 1 is 1.33 bits per heavy atom. The lowest BCUT2D eigenvalue weighted by Crippen LogP contribution is -2.45. The normalized spacial score (nSPS) is 16.0. The molecule has 1 aliphatic rings. The summed E-state index contributed by atoms with van der Waals surface area (Å²) in [6.07, 6.45) is 4.75. The number of anilines is 1. The Morgan fingerprint density at radius 2 is 2.12 bits per heavy atom. The Kier molecular flexibility index (Phi) is 3.57. The average Bonchev–Trinajstić information content (AvgIpc) is 3.00. The topological polar surface area (TPSA) is 84.8 Å². The summed E-state index contributed by atoms with van der Waals surface area (Å²) in [4.78, 5) is 19.6. The van der Waals surface area contributed by atoms with Crippen LogP contribution >= 0.6 is 0 Å². The van der Waals surface area contributed by atoms with Gasteiger partial charge >= 0.3 is 0 Å². The van der Waals surface area contributed by atoms with Gasteiger partial charge in [-0.1, -0.05) is 18.2 Å². The van der Waals surface area contributed by atoms with E-state index in [9.17, 15) is 4.79 Å². The summed E-state index contributed by atoms with van der Waals surface area (Å²) < 4.78 is 7.26. The molecule has 7 heteroatoms. The summed E-state index contributed by atoms with van der Waals surface area (Å²) in [6, 6.07) is 9.64. The van der Waals surface area contributed by atoms with Crippen LogP contribution in [0.15, 0.2) is 41.3 Å². The number of rotatable bonds is 5. The van der Waals surface area contributed by atoms with E-state index in [0.29, 0.717) is 23.5 Å². The molecule has 7 nitrogen and oxygen atoms in total. The van der Waals surface area contributed by atoms with Crippen LogP contribution in [-0.2, 0) is 4.74 Å². The first-order valence-electron chi connectivity index (χ1n) is 8.03. The second-order valence-electron chi connectivity index (χ2n) is 6.14. The quantitative estimate of drug-likeness (QED) is 0.750. The third-order valence-electron chi connectivity index (χ3n) is 4.71. The molecule has 0 unspecified atom stereocenters. The van der Waals surface area contributed by atoms with Gasteiger partial charge in [0.25, 0.3) is 5.56 Å². The number of nitrogens with one attached hydrogen (secondary N) is 2. The summed E-state index contributed by atoms with van der Waals surface area (Å²) in [7, 11) is 1.73. The number of hydrogen-bond acceptors (Lipinski definition) is 5. The van der Waals surface area contributed by atoms with Gasteiger partial charge in [-0.2, -0.15) is 10.1 Å². The molecule has 0 radical (unpaired) electrons. The minimum absolute atomic E-state index is 0.146. The van der Waals surface area contributed by atoms with Crippen LogP contribution in [0.2, 0.25) is 0 Å². The van der Waals surface area contributed by atoms with E-state index in [1.165, 1.54) is 6.42 Å². The van der Waals surface area contributed by atoms with Crippen LogP contribution in [0.3, 0.4) is 0 Å². The van der Waals surface area contributed by atoms with E-state index in [-0.39, 0.29) is 11.2 Å². The number of fused-ring (bicyclic) bond motifs is 1. The highest BCUT2D eigenvalue weighted by Gasteiger charge is 2.36. The molecule has 2 N–H and O–H groups in total. The van der Waals surface area contributed by atoms with Crippen molar-refractivity contribution in [2.45, 2.75) is 24.9 Å². The van der Waals surface area contributed by atoms with Gasteiger partial charge in [0.2, 0.25) is 5.95 Å². The SMILES string of the molecule is COC1(CNc2nc3c(cnn3-c3ccccc3)c(=O)[nH]2)CCC1. The number of methoxy groups -OCH3 is 1. The molecule has 0 saturated heterocycles. The summed E-state index contributed by atoms with van der Waals surface area (Å²) in [6.45, 7) is 0.622. The van der Waals surface area contributed by atoms with Gasteiger partial charge in [0.15, 0.2) is 5.65 Å². The fourth-order valence-electron chi connectivity index (χ4n) is 3.03. The van der Waals surface area contributed by atoms with E-state index in [1.807, 2.05) is 30.3 Å². The molecule has 1 aliphatic carbocycles. The van der Waals surface area contributed by atoms with Crippen molar-refractivity contribution in [2.75, 3.05) is 19.0 Å². The molecule has 0 atom stereocenters. The van der Waals surface area contributed by atoms with Crippen LogP contribution in [0, 0.1) is 0 Å². The standard InChI is InChI=1S/C17H19N5O2/c1-24-17(8-5-9-17)11-18-16-20-14-13(15(23)21-16)10-19-22(14)12-6-3-2-4-7-12/h2-4,6-7,10H,5,8-9,11H2,1H3,(H2,18,20,21,23). The maximum absolute atomic E-state index is 12.3. The molecular formula is C17H19N5O2. The Balaban J connectivity index is 1.69. The van der Waals surface area contributed by atoms with E-state index in [2.05, 4.69) is 20.4 Å². The third kappa shape index (κ3) is 2.46. The molecule has 2 heterocycles. The zero-order valence-electron chi connectivity index (χ0n) is 13.5. The second-order valence-corrected chi connectivity index (χ2v) is 6.14. The highest BCUT2D eigenvalue weighted by molar-refractivity contribution is 5.76. The molecular weight excluding hydrogens is 306 g/mol. The number of para-hydroxylation sites is 1. The largest absolute Gasteiger partial charge is 0.376 e. The summed E-state index contributed by atoms with van der Waals surface area (Å²) in [5.74, 6) is 0.438. The first-order chi connectivity index (χ1) is 11.7. The molecule has 1 aromatic carbocycles. The number of hydrogen-bond donors (Lipinski definition) is 2. The molecule has 2 aromatic heterocycles. The lowest BCUT2D eigenvalue weighted by atomic mass is 9.80. The highest BCUT2D eigenvalue weighted by Crippen LogP contribution is 2.34. The Morgan fingerprint density at radius 3 is 2.79 bits per heavy atom. The van der Waals surface area contributed by atoms with E-state index < -0.39 is 0 Å². The predicted molar refractivity (Wildman–Crippen MR) is 91.6 cm³/mol. The number of aromatic nitrogens is 4. The summed E-state index contributed by atoms with van der Waals surface area (Å²) >= 11 is 0. The summed E-state index contributed by atoms with van der Waals surface area (Å²) in [5.41, 5.74) is 1.05. The molecule has 24 heavy (non-hydrogen) atoms. The minimum Gasteiger partial charge on any atom is -0.376 e. The lowest BCUT2D eigenvalue weighted by Gasteiger charge is -2.40. The fourth-order valence-corrected chi connectivity index (χ4v) is 3.03. The molecule has 1 fully saturated rings. The third-order valence-corrected chi connectivity index (χ3v) is 4.71. The number of nitrogens with zero attached hydrogens (tertiary/aromatic N) is 3. The monoisotopic (exact) mass is 325 g/mol. The van der Waals surface area contributed by atoms with Gasteiger partial charge in [-0.15, -0.1) is 0 Å². The van der Waals surface area contributed by atoms with Crippen LogP contribution in [0.1, 0.15) is 19.3 Å². The molecule has 0 amide bonds. The van der Waals surface area contributed by atoms with Gasteiger partial charge in [-0.05, 0) is 31.4 Å². The molecule has 0 bridgehead atoms. The van der Waals surface area contributed by atoms with Crippen molar-refractivity contribution >= 4 is 17.0 Å². The Labute approximate surface area is 138 Å². The first kappa shape index (κ1) is 14.9. The molecule has 0 aliphatic heterocycles. The van der Waals surface area contributed by atoms with E-state index >= 15 is 0 Å². The number of benzene rings is 1. The van der Waals surface area contributed by atoms with E-state index in [0.717, 1.165) is 18.5 Å². The van der Waals surface area contributed by atoms with Crippen molar-refractivity contribution in [2.24, 2.45) is 0 Å². The van der Waals surface area contributed by atoms with Gasteiger partial charge in [0.05, 0.1) is 17.5 Å². The van der Waals surface area contributed by atoms with Gasteiger partial charge in [0, 0.05) is 13.7 Å². The lowest BCUT2D eigenvalue weighted by molar-refractivity contribution is -0.0602. The smallest absolute Gasteiger partial charge is 0.263 e. The molecule has 1 saturated carbocycles. The van der Waals surface area contributed by atoms with Gasteiger partial charge < -0.3 is 10.1 Å². The van der Waals surface area contributed by atoms with Crippen molar-refractivity contribution < 1.29 is 4.74 Å². The Hall–Kier alpha value is -2.67. The zero-order valence-corrected chi connectivity index (χ0v) is 13.5. The zero-order chi connectivity index (χ0) is 16.6. The maximum atomic E-state index is 12.3. The molecule has 0 spiro atoms. The minimum atomic E-state index is -0.204. The van der Waals surface area contributed by atoms with Crippen LogP contribution < -0.4 is 10.9 Å². The van der Waals surface area contributed by atoms with Crippen LogP contribution in [0.4, 0.5) is 5.95 Å². The van der Waals surface area contributed by atoms with Gasteiger partial charge in [0.1, 0.15) is 5.39 Å². The summed E-state index contributed by atoms with van der Waals surface area (Å²) in [5, 5.41) is 7.98. The number of H-pyrrole nitrogens is 1. The van der Waals surface area contributed by atoms with Crippen molar-refractivity contribution in [1.82, 2.24) is 19.7 Å². The van der Waals surface area contributed by atoms with Crippen molar-refractivity contribution in [3.63, 3.8) is 0 Å². The van der Waals surface area contributed by atoms with Crippen LogP contribution in [-0.4, -0.2) is 39.0 Å². The van der Waals surface area contributed by atoms with Crippen molar-refractivity contribution in [3.05, 3.63) is 46.9 Å². The van der Waals surface area contributed by atoms with E-state index in [1.54, 1.807) is 18.0 Å². The molecule has 4 rings (SSSR count).